The summed E-state index contributed by atoms with van der Waals surface area (Å²) in [6, 6.07) is -0.721. The van der Waals surface area contributed by atoms with Crippen LogP contribution in [0.2, 0.25) is 0 Å². The normalized spacial score (nSPS) is 18.9. The van der Waals surface area contributed by atoms with E-state index < -0.39 is 49.5 Å². The molecule has 0 saturated carbocycles. The molecule has 1 fully saturated rings. The van der Waals surface area contributed by atoms with Crippen molar-refractivity contribution in [2.24, 2.45) is 0 Å². The summed E-state index contributed by atoms with van der Waals surface area (Å²) in [5.41, 5.74) is 0. The molecule has 0 aromatic rings. The first kappa shape index (κ1) is 71.7. The Labute approximate surface area is 464 Å². The van der Waals surface area contributed by atoms with Crippen molar-refractivity contribution in [3.05, 3.63) is 24.3 Å². The van der Waals surface area contributed by atoms with E-state index >= 15 is 0 Å². The van der Waals surface area contributed by atoms with Gasteiger partial charge in [0.2, 0.25) is 5.91 Å². The molecule has 75 heavy (non-hydrogen) atoms. The van der Waals surface area contributed by atoms with E-state index in [1.807, 2.05) is 0 Å². The average molecular weight is 1060 g/mol. The lowest BCUT2D eigenvalue weighted by molar-refractivity contribution is -0.302. The number of carbonyl (C=O) groups excluding carboxylic acids is 1. The Morgan fingerprint density at radius 2 is 0.787 bits per heavy atom. The molecule has 1 aliphatic heterocycles. The zero-order chi connectivity index (χ0) is 54.3. The van der Waals surface area contributed by atoms with Gasteiger partial charge in [-0.2, -0.15) is 0 Å². The van der Waals surface area contributed by atoms with Crippen molar-refractivity contribution in [3.8, 4) is 0 Å². The molecule has 0 aliphatic carbocycles. The Hall–Kier alpha value is -1.33. The first-order chi connectivity index (χ1) is 36.8. The molecule has 1 heterocycles. The van der Waals surface area contributed by atoms with E-state index in [-0.39, 0.29) is 12.5 Å². The minimum atomic E-state index is -1.55. The number of hydrogen-bond acceptors (Lipinski definition) is 8. The fraction of sp³-hybridized carbons (Fsp3) is 0.924. The molecule has 1 rings (SSSR count). The lowest BCUT2D eigenvalue weighted by atomic mass is 9.99. The molecule has 1 amide bonds. The monoisotopic (exact) mass is 1060 g/mol. The molecule has 9 heteroatoms. The van der Waals surface area contributed by atoms with Crippen LogP contribution >= 0.6 is 0 Å². The van der Waals surface area contributed by atoms with Crippen LogP contribution in [-0.4, -0.2) is 87.5 Å². The zero-order valence-corrected chi connectivity index (χ0v) is 49.6. The van der Waals surface area contributed by atoms with Crippen LogP contribution in [0, 0.1) is 0 Å². The number of aliphatic hydroxyl groups excluding tert-OH is 5. The first-order valence-electron chi connectivity index (χ1n) is 33.0. The highest BCUT2D eigenvalue weighted by Crippen LogP contribution is 2.24. The second-order valence-corrected chi connectivity index (χ2v) is 23.3. The zero-order valence-electron chi connectivity index (χ0n) is 49.6. The van der Waals surface area contributed by atoms with Crippen LogP contribution in [0.1, 0.15) is 335 Å². The lowest BCUT2D eigenvalue weighted by Crippen LogP contribution is -2.60. The predicted molar refractivity (Wildman–Crippen MR) is 318 cm³/mol. The minimum absolute atomic E-state index is 0.137. The van der Waals surface area contributed by atoms with Gasteiger partial charge in [-0.3, -0.25) is 4.79 Å². The second kappa shape index (κ2) is 56.0. The average Bonchev–Trinajstić information content (AvgIpc) is 3.41. The van der Waals surface area contributed by atoms with Crippen molar-refractivity contribution >= 4 is 5.91 Å². The van der Waals surface area contributed by atoms with Crippen LogP contribution < -0.4 is 5.32 Å². The van der Waals surface area contributed by atoms with Gasteiger partial charge in [0.1, 0.15) is 24.4 Å². The van der Waals surface area contributed by atoms with Crippen molar-refractivity contribution in [2.75, 3.05) is 13.2 Å². The van der Waals surface area contributed by atoms with Gasteiger partial charge in [0.15, 0.2) is 6.29 Å². The largest absolute Gasteiger partial charge is 0.394 e. The molecule has 0 aromatic carbocycles. The van der Waals surface area contributed by atoms with Gasteiger partial charge in [-0.1, -0.05) is 308 Å². The molecule has 1 aliphatic rings. The number of aliphatic hydroxyl groups is 5. The standard InChI is InChI=1S/C66H127NO8/c1-3-5-7-9-11-13-15-17-19-21-23-24-25-26-27-28-29-30-31-32-33-34-35-36-38-39-41-43-45-47-49-51-53-55-60(69)59(58-74-66-65(73)64(72)63(71)61(57-68)75-66)67-62(70)56-54-52-50-48-46-44-42-40-37-22-20-18-16-14-12-10-8-6-4-2/h12,14,18,20,59-61,63-66,68-69,71-73H,3-11,13,15-17,19,21-58H2,1-2H3,(H,67,70)/b14-12-,20-18-. The second-order valence-electron chi connectivity index (χ2n) is 23.3. The predicted octanol–water partition coefficient (Wildman–Crippen LogP) is 17.3. The molecule has 1 saturated heterocycles. The number of amides is 1. The summed E-state index contributed by atoms with van der Waals surface area (Å²) in [6.45, 7) is 3.85. The SMILES string of the molecule is CCCCC/C=C\C/C=C\CCCCCCCCCCCC(=O)NC(COC1OC(CO)C(O)C(O)C1O)C(O)CCCCCCCCCCCCCCCCCCCCCCCCCCCCCCCCCCC. The van der Waals surface area contributed by atoms with E-state index in [4.69, 9.17) is 9.47 Å². The molecule has 0 spiro atoms. The number of carbonyl (C=O) groups is 1. The summed E-state index contributed by atoms with van der Waals surface area (Å²) >= 11 is 0. The van der Waals surface area contributed by atoms with Crippen LogP contribution in [0.3, 0.4) is 0 Å². The summed E-state index contributed by atoms with van der Waals surface area (Å²) in [7, 11) is 0. The summed E-state index contributed by atoms with van der Waals surface area (Å²) in [5.74, 6) is -0.144. The summed E-state index contributed by atoms with van der Waals surface area (Å²) in [6.07, 6.45) is 65.2. The van der Waals surface area contributed by atoms with Crippen LogP contribution in [0.15, 0.2) is 24.3 Å². The molecular weight excluding hydrogens is 935 g/mol. The number of rotatable bonds is 58. The van der Waals surface area contributed by atoms with E-state index in [1.165, 1.54) is 263 Å². The fourth-order valence-electron chi connectivity index (χ4n) is 10.8. The lowest BCUT2D eigenvalue weighted by Gasteiger charge is -2.40. The van der Waals surface area contributed by atoms with Crippen LogP contribution in [0.5, 0.6) is 0 Å². The Morgan fingerprint density at radius 3 is 1.17 bits per heavy atom. The van der Waals surface area contributed by atoms with E-state index in [1.54, 1.807) is 0 Å². The van der Waals surface area contributed by atoms with Gasteiger partial charge < -0.3 is 40.3 Å². The maximum absolute atomic E-state index is 13.1. The van der Waals surface area contributed by atoms with Gasteiger partial charge in [0.05, 0.1) is 25.4 Å². The number of allylic oxidation sites excluding steroid dienone is 4. The molecule has 6 N–H and O–H groups in total. The van der Waals surface area contributed by atoms with Gasteiger partial charge in [-0.25, -0.2) is 0 Å². The number of hydrogen-bond donors (Lipinski definition) is 6. The summed E-state index contributed by atoms with van der Waals surface area (Å²) in [4.78, 5) is 13.1. The van der Waals surface area contributed by atoms with Gasteiger partial charge in [0, 0.05) is 6.42 Å². The molecule has 7 unspecified atom stereocenters. The molecular formula is C66H127NO8. The Morgan fingerprint density at radius 1 is 0.453 bits per heavy atom. The summed E-state index contributed by atoms with van der Waals surface area (Å²) < 4.78 is 11.3. The van der Waals surface area contributed by atoms with Crippen molar-refractivity contribution in [3.63, 3.8) is 0 Å². The molecule has 0 bridgehead atoms. The quantitative estimate of drug-likeness (QED) is 0.0261. The van der Waals surface area contributed by atoms with E-state index in [2.05, 4.69) is 43.5 Å². The highest BCUT2D eigenvalue weighted by Gasteiger charge is 2.44. The maximum Gasteiger partial charge on any atom is 0.220 e. The highest BCUT2D eigenvalue weighted by atomic mass is 16.7. The molecule has 0 radical (unpaired) electrons. The maximum atomic E-state index is 13.1. The third kappa shape index (κ3) is 45.1. The summed E-state index contributed by atoms with van der Waals surface area (Å²) in [5, 5.41) is 54.8. The van der Waals surface area contributed by atoms with Crippen molar-refractivity contribution < 1.29 is 39.8 Å². The van der Waals surface area contributed by atoms with Gasteiger partial charge in [-0.05, 0) is 44.9 Å². The molecule has 7 atom stereocenters. The minimum Gasteiger partial charge on any atom is -0.394 e. The van der Waals surface area contributed by atoms with Crippen molar-refractivity contribution in [1.82, 2.24) is 5.32 Å². The van der Waals surface area contributed by atoms with Gasteiger partial charge in [-0.15, -0.1) is 0 Å². The molecule has 0 aromatic heterocycles. The van der Waals surface area contributed by atoms with Crippen molar-refractivity contribution in [1.29, 1.82) is 0 Å². The van der Waals surface area contributed by atoms with Gasteiger partial charge in [0.25, 0.3) is 0 Å². The van der Waals surface area contributed by atoms with E-state index in [9.17, 15) is 30.3 Å². The Kier molecular flexibility index (Phi) is 53.5. The molecule has 9 nitrogen and oxygen atoms in total. The molecule has 444 valence electrons. The first-order valence-corrected chi connectivity index (χ1v) is 33.0. The van der Waals surface area contributed by atoms with Gasteiger partial charge >= 0.3 is 0 Å². The van der Waals surface area contributed by atoms with E-state index in [0.29, 0.717) is 12.8 Å². The van der Waals surface area contributed by atoms with Crippen molar-refractivity contribution in [2.45, 2.75) is 378 Å². The van der Waals surface area contributed by atoms with Crippen LogP contribution in [0.25, 0.3) is 0 Å². The third-order valence-corrected chi connectivity index (χ3v) is 16.1. The Bertz CT molecular complexity index is 1230. The number of ether oxygens (including phenoxy) is 2. The fourth-order valence-corrected chi connectivity index (χ4v) is 10.8. The highest BCUT2D eigenvalue weighted by molar-refractivity contribution is 5.76. The van der Waals surface area contributed by atoms with E-state index in [0.717, 1.165) is 44.9 Å². The topological polar surface area (TPSA) is 149 Å². The van der Waals surface area contributed by atoms with Crippen LogP contribution in [-0.2, 0) is 14.3 Å². The number of nitrogens with one attached hydrogen (secondary N) is 1. The Balaban J connectivity index is 2.10. The van der Waals surface area contributed by atoms with Crippen LogP contribution in [0.4, 0.5) is 0 Å². The number of unbranched alkanes of at least 4 members (excludes halogenated alkanes) is 44. The third-order valence-electron chi connectivity index (χ3n) is 16.1. The smallest absolute Gasteiger partial charge is 0.220 e.